The van der Waals surface area contributed by atoms with Crippen molar-refractivity contribution in [1.29, 1.82) is 0 Å². The number of nitrogens with two attached hydrogens (primary N) is 1. The third-order valence-electron chi connectivity index (χ3n) is 3.67. The molecule has 1 unspecified atom stereocenters. The van der Waals surface area contributed by atoms with Crippen LogP contribution in [0.1, 0.15) is 30.7 Å². The molecule has 1 fully saturated rings. The van der Waals surface area contributed by atoms with Crippen LogP contribution < -0.4 is 5.73 Å². The van der Waals surface area contributed by atoms with Gasteiger partial charge in [-0.05, 0) is 37.3 Å². The summed E-state index contributed by atoms with van der Waals surface area (Å²) in [7, 11) is -3.10. The number of hydrogen-bond donors (Lipinski definition) is 1. The molecule has 0 radical (unpaired) electrons. The lowest BCUT2D eigenvalue weighted by molar-refractivity contribution is 0.471. The summed E-state index contributed by atoms with van der Waals surface area (Å²) in [6, 6.07) is 10.2. The number of unbranched alkanes of at least 4 members (excludes halogenated alkanes) is 1. The quantitative estimate of drug-likeness (QED) is 0.805. The third-order valence-corrected chi connectivity index (χ3v) is 5.59. The number of rotatable bonds is 6. The van der Waals surface area contributed by atoms with Gasteiger partial charge in [0.15, 0.2) is 0 Å². The lowest BCUT2D eigenvalue weighted by Gasteiger charge is -2.16. The second-order valence-corrected chi connectivity index (χ2v) is 7.15. The highest BCUT2D eigenvalue weighted by Gasteiger charge is 2.31. The van der Waals surface area contributed by atoms with Gasteiger partial charge in [0.25, 0.3) is 0 Å². The first-order chi connectivity index (χ1) is 9.13. The average Bonchev–Trinajstić information content (AvgIpc) is 2.90. The highest BCUT2D eigenvalue weighted by molar-refractivity contribution is 7.89. The van der Waals surface area contributed by atoms with Crippen molar-refractivity contribution in [2.45, 2.75) is 25.2 Å². The largest absolute Gasteiger partial charge is 0.330 e. The van der Waals surface area contributed by atoms with Crippen molar-refractivity contribution in [3.63, 3.8) is 0 Å². The van der Waals surface area contributed by atoms with Crippen LogP contribution in [-0.4, -0.2) is 38.1 Å². The molecule has 1 heterocycles. The summed E-state index contributed by atoms with van der Waals surface area (Å²) in [4.78, 5) is 0. The molecule has 0 bridgehead atoms. The summed E-state index contributed by atoms with van der Waals surface area (Å²) >= 11 is 0. The van der Waals surface area contributed by atoms with Crippen molar-refractivity contribution >= 4 is 10.0 Å². The molecule has 2 N–H and O–H groups in total. The van der Waals surface area contributed by atoms with Crippen LogP contribution >= 0.6 is 0 Å². The molecule has 1 atom stereocenters. The van der Waals surface area contributed by atoms with Crippen LogP contribution in [0.25, 0.3) is 0 Å². The van der Waals surface area contributed by atoms with Crippen molar-refractivity contribution in [3.8, 4) is 0 Å². The van der Waals surface area contributed by atoms with Gasteiger partial charge in [-0.3, -0.25) is 0 Å². The van der Waals surface area contributed by atoms with Gasteiger partial charge in [-0.1, -0.05) is 30.3 Å². The Balaban J connectivity index is 1.94. The molecule has 0 aromatic heterocycles. The Morgan fingerprint density at radius 2 is 1.95 bits per heavy atom. The number of hydrogen-bond acceptors (Lipinski definition) is 3. The highest BCUT2D eigenvalue weighted by Crippen LogP contribution is 2.28. The molecule has 19 heavy (non-hydrogen) atoms. The highest BCUT2D eigenvalue weighted by atomic mass is 32.2. The maximum atomic E-state index is 12.2. The van der Waals surface area contributed by atoms with Gasteiger partial charge < -0.3 is 5.73 Å². The van der Waals surface area contributed by atoms with E-state index in [1.54, 1.807) is 4.31 Å². The summed E-state index contributed by atoms with van der Waals surface area (Å²) < 4.78 is 26.0. The van der Waals surface area contributed by atoms with Crippen molar-refractivity contribution in [2.24, 2.45) is 5.73 Å². The normalized spacial score (nSPS) is 20.8. The van der Waals surface area contributed by atoms with Crippen molar-refractivity contribution in [2.75, 3.05) is 25.4 Å². The van der Waals surface area contributed by atoms with Gasteiger partial charge >= 0.3 is 0 Å². The molecule has 2 rings (SSSR count). The molecular weight excluding hydrogens is 260 g/mol. The van der Waals surface area contributed by atoms with Crippen LogP contribution in [0, 0.1) is 0 Å². The molecule has 1 saturated heterocycles. The monoisotopic (exact) mass is 282 g/mol. The molecule has 0 saturated carbocycles. The Bertz CT molecular complexity index is 487. The zero-order valence-corrected chi connectivity index (χ0v) is 12.0. The first-order valence-electron chi connectivity index (χ1n) is 6.86. The fourth-order valence-electron chi connectivity index (χ4n) is 2.54. The van der Waals surface area contributed by atoms with Gasteiger partial charge in [-0.25, -0.2) is 12.7 Å². The van der Waals surface area contributed by atoms with Gasteiger partial charge in [0.05, 0.1) is 5.75 Å². The lowest BCUT2D eigenvalue weighted by Crippen LogP contribution is -2.31. The number of sulfonamides is 1. The standard InChI is InChI=1S/C14H22N2O2S/c15-9-4-5-11-19(17,18)16-10-8-14(12-16)13-6-2-1-3-7-13/h1-3,6-7,14H,4-5,8-12,15H2. The van der Waals surface area contributed by atoms with E-state index in [9.17, 15) is 8.42 Å². The number of nitrogens with zero attached hydrogens (tertiary/aromatic N) is 1. The molecule has 106 valence electrons. The van der Waals surface area contributed by atoms with Gasteiger partial charge in [-0.15, -0.1) is 0 Å². The van der Waals surface area contributed by atoms with E-state index in [2.05, 4.69) is 12.1 Å². The Labute approximate surface area is 115 Å². The maximum Gasteiger partial charge on any atom is 0.214 e. The molecule has 5 heteroatoms. The van der Waals surface area contributed by atoms with Crippen molar-refractivity contribution < 1.29 is 8.42 Å². The Morgan fingerprint density at radius 1 is 1.21 bits per heavy atom. The van der Waals surface area contributed by atoms with E-state index in [1.165, 1.54) is 5.56 Å². The summed E-state index contributed by atoms with van der Waals surface area (Å²) in [5, 5.41) is 0. The van der Waals surface area contributed by atoms with Gasteiger partial charge in [-0.2, -0.15) is 0 Å². The second kappa shape index (κ2) is 6.50. The van der Waals surface area contributed by atoms with Crippen LogP contribution in [0.4, 0.5) is 0 Å². The van der Waals surface area contributed by atoms with E-state index in [0.29, 0.717) is 32.0 Å². The Kier molecular flexibility index (Phi) is 4.96. The minimum Gasteiger partial charge on any atom is -0.330 e. The fourth-order valence-corrected chi connectivity index (χ4v) is 4.15. The van der Waals surface area contributed by atoms with Crippen molar-refractivity contribution in [3.05, 3.63) is 35.9 Å². The molecule has 1 aliphatic heterocycles. The zero-order valence-electron chi connectivity index (χ0n) is 11.2. The fraction of sp³-hybridized carbons (Fsp3) is 0.571. The van der Waals surface area contributed by atoms with E-state index in [-0.39, 0.29) is 5.75 Å². The summed E-state index contributed by atoms with van der Waals surface area (Å²) in [5.41, 5.74) is 6.64. The molecule has 4 nitrogen and oxygen atoms in total. The minimum atomic E-state index is -3.10. The Morgan fingerprint density at radius 3 is 2.63 bits per heavy atom. The number of benzene rings is 1. The lowest BCUT2D eigenvalue weighted by atomic mass is 9.99. The van der Waals surface area contributed by atoms with Gasteiger partial charge in [0.2, 0.25) is 10.0 Å². The summed E-state index contributed by atoms with van der Waals surface area (Å²) in [6.07, 6.45) is 2.35. The topological polar surface area (TPSA) is 63.4 Å². The first kappa shape index (κ1) is 14.5. The molecule has 0 aliphatic carbocycles. The molecule has 1 aliphatic rings. The maximum absolute atomic E-state index is 12.2. The Hall–Kier alpha value is -0.910. The van der Waals surface area contributed by atoms with Crippen molar-refractivity contribution in [1.82, 2.24) is 4.31 Å². The van der Waals surface area contributed by atoms with E-state index in [0.717, 1.165) is 12.8 Å². The van der Waals surface area contributed by atoms with Crippen LogP contribution in [0.3, 0.4) is 0 Å². The second-order valence-electron chi connectivity index (χ2n) is 5.07. The van der Waals surface area contributed by atoms with E-state index < -0.39 is 10.0 Å². The van der Waals surface area contributed by atoms with Crippen LogP contribution in [0.5, 0.6) is 0 Å². The molecule has 1 aromatic carbocycles. The van der Waals surface area contributed by atoms with E-state index >= 15 is 0 Å². The molecule has 1 aromatic rings. The zero-order chi connectivity index (χ0) is 13.7. The van der Waals surface area contributed by atoms with E-state index in [1.807, 2.05) is 18.2 Å². The molecule has 0 amide bonds. The predicted molar refractivity (Wildman–Crippen MR) is 77.4 cm³/mol. The average molecular weight is 282 g/mol. The smallest absolute Gasteiger partial charge is 0.214 e. The summed E-state index contributed by atoms with van der Waals surface area (Å²) in [5.74, 6) is 0.566. The third kappa shape index (κ3) is 3.78. The minimum absolute atomic E-state index is 0.228. The molecular formula is C14H22N2O2S. The predicted octanol–water partition coefficient (Wildman–Crippen LogP) is 1.54. The van der Waals surface area contributed by atoms with Gasteiger partial charge in [0, 0.05) is 13.1 Å². The van der Waals surface area contributed by atoms with Crippen LogP contribution in [0.2, 0.25) is 0 Å². The van der Waals surface area contributed by atoms with Crippen LogP contribution in [-0.2, 0) is 10.0 Å². The molecule has 0 spiro atoms. The SMILES string of the molecule is NCCCCS(=O)(=O)N1CCC(c2ccccc2)C1. The van der Waals surface area contributed by atoms with Crippen LogP contribution in [0.15, 0.2) is 30.3 Å². The summed E-state index contributed by atoms with van der Waals surface area (Å²) in [6.45, 7) is 1.82. The van der Waals surface area contributed by atoms with E-state index in [4.69, 9.17) is 5.73 Å². The van der Waals surface area contributed by atoms with Gasteiger partial charge in [0.1, 0.15) is 0 Å². The first-order valence-corrected chi connectivity index (χ1v) is 8.47.